The third kappa shape index (κ3) is 2.98. The van der Waals surface area contributed by atoms with Gasteiger partial charge < -0.3 is 5.11 Å². The van der Waals surface area contributed by atoms with Crippen LogP contribution in [0.15, 0.2) is 6.20 Å². The number of hydrogen-bond acceptors (Lipinski definition) is 3. The first-order chi connectivity index (χ1) is 10.1. The highest BCUT2D eigenvalue weighted by molar-refractivity contribution is 5.88. The summed E-state index contributed by atoms with van der Waals surface area (Å²) in [7, 11) is 1.83. The molecule has 1 aliphatic heterocycles. The van der Waals surface area contributed by atoms with Gasteiger partial charge in [0.15, 0.2) is 0 Å². The number of rotatable bonds is 3. The van der Waals surface area contributed by atoms with Crippen LogP contribution in [0.5, 0.6) is 0 Å². The van der Waals surface area contributed by atoms with Crippen molar-refractivity contribution in [3.05, 3.63) is 17.5 Å². The fourth-order valence-corrected chi connectivity index (χ4v) is 4.03. The smallest absolute Gasteiger partial charge is 0.339 e. The molecule has 0 radical (unpaired) electrons. The highest BCUT2D eigenvalue weighted by Crippen LogP contribution is 2.44. The maximum Gasteiger partial charge on any atom is 0.339 e. The summed E-state index contributed by atoms with van der Waals surface area (Å²) in [5.41, 5.74) is 1.76. The predicted octanol–water partition coefficient (Wildman–Crippen LogP) is 2.66. The van der Waals surface area contributed by atoms with Crippen LogP contribution < -0.4 is 0 Å². The average molecular weight is 291 g/mol. The summed E-state index contributed by atoms with van der Waals surface area (Å²) < 4.78 is 1.70. The average Bonchev–Trinajstić information content (AvgIpc) is 2.84. The summed E-state index contributed by atoms with van der Waals surface area (Å²) in [5, 5.41) is 13.3. The molecule has 1 saturated carbocycles. The number of aryl methyl sites for hydroxylation is 1. The molecule has 1 spiro atoms. The molecule has 1 N–H and O–H groups in total. The van der Waals surface area contributed by atoms with E-state index in [2.05, 4.69) is 10.00 Å². The van der Waals surface area contributed by atoms with Crippen molar-refractivity contribution in [2.75, 3.05) is 13.1 Å². The van der Waals surface area contributed by atoms with Gasteiger partial charge in [-0.25, -0.2) is 4.79 Å². The Morgan fingerprint density at radius 3 is 2.52 bits per heavy atom. The van der Waals surface area contributed by atoms with Crippen LogP contribution in [0.3, 0.4) is 0 Å². The van der Waals surface area contributed by atoms with E-state index in [1.54, 1.807) is 4.68 Å². The molecule has 3 rings (SSSR count). The molecule has 5 nitrogen and oxygen atoms in total. The van der Waals surface area contributed by atoms with E-state index in [0.29, 0.717) is 17.5 Å². The number of likely N-dealkylation sites (tertiary alicyclic amines) is 1. The van der Waals surface area contributed by atoms with Crippen molar-refractivity contribution in [3.63, 3.8) is 0 Å². The molecule has 1 aromatic heterocycles. The van der Waals surface area contributed by atoms with Gasteiger partial charge in [-0.15, -0.1) is 0 Å². The summed E-state index contributed by atoms with van der Waals surface area (Å²) >= 11 is 0. The second-order valence-electron chi connectivity index (χ2n) is 6.77. The third-order valence-corrected chi connectivity index (χ3v) is 5.50. The molecule has 2 aliphatic rings. The number of aromatic nitrogens is 2. The van der Waals surface area contributed by atoms with E-state index >= 15 is 0 Å². The van der Waals surface area contributed by atoms with Crippen molar-refractivity contribution in [1.29, 1.82) is 0 Å². The van der Waals surface area contributed by atoms with E-state index in [0.717, 1.165) is 18.8 Å². The molecule has 0 atom stereocenters. The molecule has 21 heavy (non-hydrogen) atoms. The van der Waals surface area contributed by atoms with Crippen LogP contribution in [-0.2, 0) is 13.6 Å². The molecule has 0 aromatic carbocycles. The first kappa shape index (κ1) is 14.6. The normalized spacial score (nSPS) is 22.5. The Kier molecular flexibility index (Phi) is 4.02. The fraction of sp³-hybridized carbons (Fsp3) is 0.750. The van der Waals surface area contributed by atoms with Crippen molar-refractivity contribution in [2.45, 2.75) is 51.5 Å². The quantitative estimate of drug-likeness (QED) is 0.930. The van der Waals surface area contributed by atoms with Gasteiger partial charge in [0, 0.05) is 13.6 Å². The lowest BCUT2D eigenvalue weighted by molar-refractivity contribution is 0.0613. The maximum absolute atomic E-state index is 11.2. The van der Waals surface area contributed by atoms with Crippen LogP contribution in [-0.4, -0.2) is 38.8 Å². The van der Waals surface area contributed by atoms with E-state index in [1.165, 1.54) is 51.1 Å². The van der Waals surface area contributed by atoms with Gasteiger partial charge in [-0.2, -0.15) is 5.10 Å². The molecule has 0 bridgehead atoms. The number of piperidine rings is 1. The van der Waals surface area contributed by atoms with Crippen molar-refractivity contribution in [3.8, 4) is 0 Å². The minimum absolute atomic E-state index is 0.343. The molecule has 2 heterocycles. The predicted molar refractivity (Wildman–Crippen MR) is 80.2 cm³/mol. The largest absolute Gasteiger partial charge is 0.478 e. The number of hydrogen-bond donors (Lipinski definition) is 1. The fourth-order valence-electron chi connectivity index (χ4n) is 4.03. The third-order valence-electron chi connectivity index (χ3n) is 5.50. The second-order valence-corrected chi connectivity index (χ2v) is 6.77. The number of aromatic carboxylic acids is 1. The Hall–Kier alpha value is -1.36. The summed E-state index contributed by atoms with van der Waals surface area (Å²) in [6.07, 6.45) is 11.0. The van der Waals surface area contributed by atoms with Crippen LogP contribution in [0.4, 0.5) is 0 Å². The zero-order valence-corrected chi connectivity index (χ0v) is 12.8. The summed E-state index contributed by atoms with van der Waals surface area (Å²) in [5.74, 6) is -0.876. The zero-order valence-electron chi connectivity index (χ0n) is 12.8. The number of carboxylic acid groups (broad SMARTS) is 1. The van der Waals surface area contributed by atoms with E-state index in [9.17, 15) is 9.90 Å². The molecular weight excluding hydrogens is 266 g/mol. The Labute approximate surface area is 125 Å². The topological polar surface area (TPSA) is 58.4 Å². The lowest BCUT2D eigenvalue weighted by atomic mass is 9.68. The lowest BCUT2D eigenvalue weighted by Gasteiger charge is -2.44. The summed E-state index contributed by atoms with van der Waals surface area (Å²) in [6, 6.07) is 0. The lowest BCUT2D eigenvalue weighted by Crippen LogP contribution is -2.41. The minimum atomic E-state index is -0.876. The van der Waals surface area contributed by atoms with Gasteiger partial charge in [0.1, 0.15) is 5.56 Å². The molecular formula is C16H25N3O2. The molecule has 5 heteroatoms. The Morgan fingerprint density at radius 1 is 1.24 bits per heavy atom. The first-order valence-corrected chi connectivity index (χ1v) is 8.06. The molecule has 1 aliphatic carbocycles. The molecule has 0 unspecified atom stereocenters. The van der Waals surface area contributed by atoms with Crippen LogP contribution in [0, 0.1) is 5.41 Å². The van der Waals surface area contributed by atoms with Gasteiger partial charge in [0.05, 0.1) is 11.9 Å². The van der Waals surface area contributed by atoms with Gasteiger partial charge in [0.25, 0.3) is 0 Å². The Morgan fingerprint density at radius 2 is 1.90 bits per heavy atom. The van der Waals surface area contributed by atoms with Crippen LogP contribution in [0.1, 0.15) is 61.0 Å². The zero-order chi connectivity index (χ0) is 14.9. The van der Waals surface area contributed by atoms with E-state index in [-0.39, 0.29) is 0 Å². The highest BCUT2D eigenvalue weighted by atomic mass is 16.4. The van der Waals surface area contributed by atoms with Crippen molar-refractivity contribution >= 4 is 5.97 Å². The van der Waals surface area contributed by atoms with Gasteiger partial charge in [-0.05, 0) is 44.2 Å². The van der Waals surface area contributed by atoms with E-state index in [1.807, 2.05) is 7.05 Å². The molecule has 0 amide bonds. The molecule has 1 saturated heterocycles. The van der Waals surface area contributed by atoms with Gasteiger partial charge in [-0.1, -0.05) is 19.3 Å². The monoisotopic (exact) mass is 291 g/mol. The Bertz CT molecular complexity index is 508. The maximum atomic E-state index is 11.2. The Balaban J connectivity index is 1.63. The van der Waals surface area contributed by atoms with Crippen LogP contribution in [0.2, 0.25) is 0 Å². The van der Waals surface area contributed by atoms with Crippen molar-refractivity contribution in [2.24, 2.45) is 12.5 Å². The number of carbonyl (C=O) groups is 1. The number of carboxylic acids is 1. The first-order valence-electron chi connectivity index (χ1n) is 8.06. The number of nitrogens with zero attached hydrogens (tertiary/aromatic N) is 3. The van der Waals surface area contributed by atoms with Gasteiger partial charge in [-0.3, -0.25) is 9.58 Å². The van der Waals surface area contributed by atoms with Gasteiger partial charge >= 0.3 is 5.97 Å². The molecule has 1 aromatic rings. The molecule has 116 valence electrons. The summed E-state index contributed by atoms with van der Waals surface area (Å²) in [6.45, 7) is 2.88. The van der Waals surface area contributed by atoms with Gasteiger partial charge in [0.2, 0.25) is 0 Å². The molecule has 2 fully saturated rings. The SMILES string of the molecule is Cn1ncc(C(=O)O)c1CN1CCC2(CCCCC2)CC1. The van der Waals surface area contributed by atoms with E-state index in [4.69, 9.17) is 0 Å². The van der Waals surface area contributed by atoms with Crippen LogP contribution >= 0.6 is 0 Å². The second kappa shape index (κ2) is 5.79. The van der Waals surface area contributed by atoms with Crippen molar-refractivity contribution < 1.29 is 9.90 Å². The minimum Gasteiger partial charge on any atom is -0.478 e. The van der Waals surface area contributed by atoms with Crippen molar-refractivity contribution in [1.82, 2.24) is 14.7 Å². The van der Waals surface area contributed by atoms with E-state index < -0.39 is 5.97 Å². The summed E-state index contributed by atoms with van der Waals surface area (Å²) in [4.78, 5) is 13.6. The van der Waals surface area contributed by atoms with Crippen LogP contribution in [0.25, 0.3) is 0 Å². The highest BCUT2D eigenvalue weighted by Gasteiger charge is 2.35. The standard InChI is InChI=1S/C16H25N3O2/c1-18-14(13(11-17-18)15(20)21)12-19-9-7-16(8-10-19)5-3-2-4-6-16/h11H,2-10,12H2,1H3,(H,20,21).